The van der Waals surface area contributed by atoms with Gasteiger partial charge in [-0.25, -0.2) is 0 Å². The van der Waals surface area contributed by atoms with Gasteiger partial charge in [0, 0.05) is 13.1 Å². The first-order chi connectivity index (χ1) is 7.38. The predicted octanol–water partition coefficient (Wildman–Crippen LogP) is 0.683. The number of carboxylic acid groups (broad SMARTS) is 1. The van der Waals surface area contributed by atoms with Crippen LogP contribution in [0.1, 0.15) is 33.6 Å². The summed E-state index contributed by atoms with van der Waals surface area (Å²) in [5.41, 5.74) is 5.76. The van der Waals surface area contributed by atoms with Gasteiger partial charge >= 0.3 is 5.97 Å². The van der Waals surface area contributed by atoms with Crippen molar-refractivity contribution in [2.24, 2.45) is 11.7 Å². The number of likely N-dealkylation sites (N-methyl/N-ethyl adjacent to an activating group) is 1. The molecule has 5 nitrogen and oxygen atoms in total. The molecule has 0 aliphatic heterocycles. The Hall–Kier alpha value is -1.10. The van der Waals surface area contributed by atoms with Gasteiger partial charge in [-0.15, -0.1) is 0 Å². The van der Waals surface area contributed by atoms with Gasteiger partial charge in [0.1, 0.15) is 0 Å². The van der Waals surface area contributed by atoms with E-state index in [9.17, 15) is 9.59 Å². The lowest BCUT2D eigenvalue weighted by Gasteiger charge is -2.24. The van der Waals surface area contributed by atoms with E-state index >= 15 is 0 Å². The Bertz CT molecular complexity index is 241. The fourth-order valence-corrected chi connectivity index (χ4v) is 1.50. The summed E-state index contributed by atoms with van der Waals surface area (Å²) in [6, 6.07) is -0.520. The number of carbonyl (C=O) groups excluding carboxylic acids is 1. The molecule has 0 saturated carbocycles. The lowest BCUT2D eigenvalue weighted by molar-refractivity contribution is -0.138. The molecule has 0 aromatic heterocycles. The summed E-state index contributed by atoms with van der Waals surface area (Å²) in [6.45, 7) is 6.55. The van der Waals surface area contributed by atoms with E-state index in [1.165, 1.54) is 4.90 Å². The van der Waals surface area contributed by atoms with Gasteiger partial charge in [-0.1, -0.05) is 13.8 Å². The first kappa shape index (κ1) is 14.9. The summed E-state index contributed by atoms with van der Waals surface area (Å²) in [5.74, 6) is -0.696. The Morgan fingerprint density at radius 1 is 1.38 bits per heavy atom. The van der Waals surface area contributed by atoms with Crippen LogP contribution in [0.3, 0.4) is 0 Å². The van der Waals surface area contributed by atoms with Crippen LogP contribution in [0, 0.1) is 5.92 Å². The maximum absolute atomic E-state index is 11.8. The molecule has 0 aliphatic rings. The van der Waals surface area contributed by atoms with Crippen LogP contribution in [0.4, 0.5) is 0 Å². The summed E-state index contributed by atoms with van der Waals surface area (Å²) in [5, 5.41) is 8.55. The Labute approximate surface area is 96.6 Å². The highest BCUT2D eigenvalue weighted by Gasteiger charge is 2.20. The zero-order valence-electron chi connectivity index (χ0n) is 10.3. The SMILES string of the molecule is CCN(CCC(=O)O)C(=O)[C@H](N)CC(C)C. The van der Waals surface area contributed by atoms with Crippen LogP contribution in [0.2, 0.25) is 0 Å². The third-order valence-electron chi connectivity index (χ3n) is 2.33. The van der Waals surface area contributed by atoms with E-state index in [-0.39, 0.29) is 18.9 Å². The quantitative estimate of drug-likeness (QED) is 0.673. The molecule has 0 aliphatic carbocycles. The minimum atomic E-state index is -0.899. The largest absolute Gasteiger partial charge is 0.481 e. The molecule has 0 radical (unpaired) electrons. The second-order valence-electron chi connectivity index (χ2n) is 4.30. The van der Waals surface area contributed by atoms with Crippen LogP contribution in [0.15, 0.2) is 0 Å². The van der Waals surface area contributed by atoms with E-state index in [4.69, 9.17) is 10.8 Å². The number of nitrogens with two attached hydrogens (primary N) is 1. The average Bonchev–Trinajstić information content (AvgIpc) is 2.16. The molecule has 1 atom stereocenters. The number of amides is 1. The van der Waals surface area contributed by atoms with Crippen LogP contribution in [-0.2, 0) is 9.59 Å². The minimum Gasteiger partial charge on any atom is -0.481 e. The van der Waals surface area contributed by atoms with Gasteiger partial charge in [-0.2, -0.15) is 0 Å². The lowest BCUT2D eigenvalue weighted by atomic mass is 10.0. The van der Waals surface area contributed by atoms with Crippen LogP contribution >= 0.6 is 0 Å². The third kappa shape index (κ3) is 5.70. The highest BCUT2D eigenvalue weighted by Crippen LogP contribution is 2.06. The van der Waals surface area contributed by atoms with Crippen molar-refractivity contribution in [3.8, 4) is 0 Å². The van der Waals surface area contributed by atoms with Crippen molar-refractivity contribution >= 4 is 11.9 Å². The number of hydrogen-bond acceptors (Lipinski definition) is 3. The molecule has 1 amide bonds. The molecule has 16 heavy (non-hydrogen) atoms. The van der Waals surface area contributed by atoms with Crippen molar-refractivity contribution in [2.45, 2.75) is 39.7 Å². The predicted molar refractivity (Wildman–Crippen MR) is 61.9 cm³/mol. The molecule has 0 saturated heterocycles. The zero-order valence-corrected chi connectivity index (χ0v) is 10.3. The first-order valence-corrected chi connectivity index (χ1v) is 5.64. The molecule has 0 bridgehead atoms. The summed E-state index contributed by atoms with van der Waals surface area (Å²) in [7, 11) is 0. The Morgan fingerprint density at radius 2 is 1.94 bits per heavy atom. The lowest BCUT2D eigenvalue weighted by Crippen LogP contribution is -2.45. The van der Waals surface area contributed by atoms with E-state index < -0.39 is 12.0 Å². The number of rotatable bonds is 7. The van der Waals surface area contributed by atoms with Gasteiger partial charge in [0.2, 0.25) is 5.91 Å². The smallest absolute Gasteiger partial charge is 0.305 e. The van der Waals surface area contributed by atoms with Crippen molar-refractivity contribution in [1.82, 2.24) is 4.90 Å². The van der Waals surface area contributed by atoms with Crippen LogP contribution in [0.25, 0.3) is 0 Å². The van der Waals surface area contributed by atoms with E-state index in [0.717, 1.165) is 0 Å². The summed E-state index contributed by atoms with van der Waals surface area (Å²) >= 11 is 0. The Morgan fingerprint density at radius 3 is 2.31 bits per heavy atom. The molecular formula is C11H22N2O3. The highest BCUT2D eigenvalue weighted by atomic mass is 16.4. The molecule has 0 fully saturated rings. The summed E-state index contributed by atoms with van der Waals surface area (Å²) < 4.78 is 0. The normalized spacial score (nSPS) is 12.6. The highest BCUT2D eigenvalue weighted by molar-refractivity contribution is 5.82. The number of carboxylic acids is 1. The molecule has 0 rings (SSSR count). The van der Waals surface area contributed by atoms with E-state index in [1.807, 2.05) is 20.8 Å². The number of hydrogen-bond donors (Lipinski definition) is 2. The van der Waals surface area contributed by atoms with E-state index in [0.29, 0.717) is 18.9 Å². The molecule has 0 aromatic carbocycles. The second kappa shape index (κ2) is 7.22. The molecule has 94 valence electrons. The van der Waals surface area contributed by atoms with Crippen molar-refractivity contribution in [3.63, 3.8) is 0 Å². The first-order valence-electron chi connectivity index (χ1n) is 5.64. The van der Waals surface area contributed by atoms with Gasteiger partial charge < -0.3 is 15.7 Å². The van der Waals surface area contributed by atoms with Crippen molar-refractivity contribution in [3.05, 3.63) is 0 Å². The van der Waals surface area contributed by atoms with Gasteiger partial charge in [-0.05, 0) is 19.3 Å². The van der Waals surface area contributed by atoms with Gasteiger partial charge in [0.25, 0.3) is 0 Å². The van der Waals surface area contributed by atoms with Gasteiger partial charge in [-0.3, -0.25) is 9.59 Å². The molecule has 5 heteroatoms. The van der Waals surface area contributed by atoms with Crippen LogP contribution in [-0.4, -0.2) is 41.0 Å². The topological polar surface area (TPSA) is 83.6 Å². The second-order valence-corrected chi connectivity index (χ2v) is 4.30. The van der Waals surface area contributed by atoms with E-state index in [1.54, 1.807) is 0 Å². The monoisotopic (exact) mass is 230 g/mol. The molecule has 0 unspecified atom stereocenters. The van der Waals surface area contributed by atoms with Crippen LogP contribution < -0.4 is 5.73 Å². The third-order valence-corrected chi connectivity index (χ3v) is 2.33. The standard InChI is InChI=1S/C11H22N2O3/c1-4-13(6-5-10(14)15)11(16)9(12)7-8(2)3/h8-9H,4-7,12H2,1-3H3,(H,14,15)/t9-/m1/s1. The summed E-state index contributed by atoms with van der Waals surface area (Å²) in [6.07, 6.45) is 0.594. The number of aliphatic carboxylic acids is 1. The number of nitrogens with zero attached hydrogens (tertiary/aromatic N) is 1. The Kier molecular flexibility index (Phi) is 6.72. The van der Waals surface area contributed by atoms with Crippen LogP contribution in [0.5, 0.6) is 0 Å². The van der Waals surface area contributed by atoms with Crippen molar-refractivity contribution in [2.75, 3.05) is 13.1 Å². The maximum atomic E-state index is 11.8. The fraction of sp³-hybridized carbons (Fsp3) is 0.818. The molecule has 0 spiro atoms. The summed E-state index contributed by atoms with van der Waals surface area (Å²) in [4.78, 5) is 23.8. The minimum absolute atomic E-state index is 0.0338. The molecule has 0 aromatic rings. The molecule has 3 N–H and O–H groups in total. The molecular weight excluding hydrogens is 208 g/mol. The molecule has 0 heterocycles. The average molecular weight is 230 g/mol. The zero-order chi connectivity index (χ0) is 12.7. The van der Waals surface area contributed by atoms with Crippen molar-refractivity contribution < 1.29 is 14.7 Å². The fourth-order valence-electron chi connectivity index (χ4n) is 1.50. The van der Waals surface area contributed by atoms with Gasteiger partial charge in [0.15, 0.2) is 0 Å². The Balaban J connectivity index is 4.23. The van der Waals surface area contributed by atoms with E-state index in [2.05, 4.69) is 0 Å². The number of carbonyl (C=O) groups is 2. The maximum Gasteiger partial charge on any atom is 0.305 e. The van der Waals surface area contributed by atoms with Gasteiger partial charge in [0.05, 0.1) is 12.5 Å². The van der Waals surface area contributed by atoms with Crippen molar-refractivity contribution in [1.29, 1.82) is 0 Å².